The Morgan fingerprint density at radius 2 is 2.07 bits per heavy atom. The molecule has 0 spiro atoms. The van der Waals surface area contributed by atoms with E-state index in [1.165, 1.54) is 6.07 Å². The molecule has 2 aromatic heterocycles. The smallest absolute Gasteiger partial charge is 0.226 e. The lowest BCUT2D eigenvalue weighted by molar-refractivity contribution is -0.116. The minimum atomic E-state index is -0.765. The fourth-order valence-electron chi connectivity index (χ4n) is 2.62. The van der Waals surface area contributed by atoms with E-state index in [0.29, 0.717) is 21.4 Å². The van der Waals surface area contributed by atoms with Crippen molar-refractivity contribution in [3.63, 3.8) is 0 Å². The van der Waals surface area contributed by atoms with Crippen molar-refractivity contribution in [2.45, 2.75) is 12.8 Å². The first-order chi connectivity index (χ1) is 13.5. The van der Waals surface area contributed by atoms with Gasteiger partial charge >= 0.3 is 0 Å². The van der Waals surface area contributed by atoms with Gasteiger partial charge in [0, 0.05) is 24.5 Å². The highest BCUT2D eigenvalue weighted by Crippen LogP contribution is 2.30. The summed E-state index contributed by atoms with van der Waals surface area (Å²) in [5.41, 5.74) is 0.745. The van der Waals surface area contributed by atoms with Gasteiger partial charge in [0.1, 0.15) is 11.3 Å². The van der Waals surface area contributed by atoms with Crippen molar-refractivity contribution in [1.29, 1.82) is 0 Å². The molecule has 0 aliphatic carbocycles. The maximum Gasteiger partial charge on any atom is 0.226 e. The molecule has 2 aromatic carbocycles. The summed E-state index contributed by atoms with van der Waals surface area (Å²) in [6.07, 6.45) is 1.92. The van der Waals surface area contributed by atoms with Gasteiger partial charge in [-0.15, -0.1) is 0 Å². The van der Waals surface area contributed by atoms with Crippen LogP contribution in [0.25, 0.3) is 21.5 Å². The van der Waals surface area contributed by atoms with Crippen LogP contribution in [0.4, 0.5) is 13.9 Å². The lowest BCUT2D eigenvalue weighted by atomic mass is 10.2. The molecule has 5 nitrogen and oxygen atoms in total. The maximum absolute atomic E-state index is 13.7. The second-order valence-corrected chi connectivity index (χ2v) is 7.34. The monoisotopic (exact) mass is 419 g/mol. The van der Waals surface area contributed by atoms with Gasteiger partial charge in [0.2, 0.25) is 5.91 Å². The molecule has 9 heteroatoms. The van der Waals surface area contributed by atoms with Crippen LogP contribution in [-0.2, 0) is 11.2 Å². The topological polar surface area (TPSA) is 68.0 Å². The maximum atomic E-state index is 13.7. The van der Waals surface area contributed by atoms with Crippen LogP contribution in [0.15, 0.2) is 47.0 Å². The predicted molar refractivity (Wildman–Crippen MR) is 103 cm³/mol. The first kappa shape index (κ1) is 18.5. The molecular formula is C19H12ClF2N3O2S. The van der Waals surface area contributed by atoms with Crippen molar-refractivity contribution in [2.24, 2.45) is 0 Å². The first-order valence-electron chi connectivity index (χ1n) is 8.24. The van der Waals surface area contributed by atoms with Gasteiger partial charge in [-0.2, -0.15) is 0 Å². The number of hydrogen-bond donors (Lipinski definition) is 1. The van der Waals surface area contributed by atoms with Gasteiger partial charge in [-0.05, 0) is 18.2 Å². The number of hydrogen-bond acceptors (Lipinski definition) is 5. The van der Waals surface area contributed by atoms with E-state index in [4.69, 9.17) is 16.0 Å². The Labute approximate surface area is 167 Å². The minimum Gasteiger partial charge on any atom is -0.441 e. The third-order valence-electron chi connectivity index (χ3n) is 3.92. The molecule has 0 bridgehead atoms. The Hall–Kier alpha value is -2.84. The quantitative estimate of drug-likeness (QED) is 0.466. The number of nitrogens with zero attached hydrogens (tertiary/aromatic N) is 2. The Balaban J connectivity index is 1.40. The van der Waals surface area contributed by atoms with Crippen molar-refractivity contribution in [3.05, 3.63) is 65.1 Å². The number of amides is 1. The van der Waals surface area contributed by atoms with Crippen LogP contribution >= 0.6 is 22.9 Å². The Bertz CT molecular complexity index is 1180. The molecule has 0 unspecified atom stereocenters. The number of fused-ring (bicyclic) bond motifs is 1. The van der Waals surface area contributed by atoms with Crippen LogP contribution in [0, 0.1) is 11.6 Å². The van der Waals surface area contributed by atoms with Crippen LogP contribution in [0.1, 0.15) is 12.3 Å². The molecule has 0 radical (unpaired) electrons. The zero-order valence-electron chi connectivity index (χ0n) is 14.2. The molecule has 2 heterocycles. The number of oxazole rings is 1. The lowest BCUT2D eigenvalue weighted by Crippen LogP contribution is -2.12. The minimum absolute atomic E-state index is 0.0267. The molecular weight excluding hydrogens is 408 g/mol. The van der Waals surface area contributed by atoms with Gasteiger partial charge in [0.05, 0.1) is 15.9 Å². The Morgan fingerprint density at radius 3 is 2.89 bits per heavy atom. The highest BCUT2D eigenvalue weighted by atomic mass is 35.5. The second-order valence-electron chi connectivity index (χ2n) is 5.90. The van der Waals surface area contributed by atoms with E-state index in [1.54, 1.807) is 12.3 Å². The number of aryl methyl sites for hydroxylation is 1. The zero-order valence-corrected chi connectivity index (χ0v) is 15.8. The molecule has 0 saturated carbocycles. The molecule has 0 aliphatic rings. The molecule has 28 heavy (non-hydrogen) atoms. The molecule has 1 amide bonds. The molecule has 0 atom stereocenters. The van der Waals surface area contributed by atoms with E-state index in [1.807, 2.05) is 18.2 Å². The number of benzene rings is 2. The predicted octanol–water partition coefficient (Wildman–Crippen LogP) is 5.45. The summed E-state index contributed by atoms with van der Waals surface area (Å²) >= 11 is 7.13. The number of halogens is 3. The highest BCUT2D eigenvalue weighted by Gasteiger charge is 2.14. The summed E-state index contributed by atoms with van der Waals surface area (Å²) in [5.74, 6) is -0.882. The van der Waals surface area contributed by atoms with Crippen LogP contribution in [0.5, 0.6) is 0 Å². The number of aromatic nitrogens is 2. The highest BCUT2D eigenvalue weighted by molar-refractivity contribution is 7.22. The number of nitrogens with one attached hydrogen (secondary N) is 1. The van der Waals surface area contributed by atoms with E-state index in [2.05, 4.69) is 15.3 Å². The lowest BCUT2D eigenvalue weighted by Gasteiger charge is -2.00. The van der Waals surface area contributed by atoms with Crippen molar-refractivity contribution >= 4 is 44.2 Å². The zero-order chi connectivity index (χ0) is 19.7. The summed E-state index contributed by atoms with van der Waals surface area (Å²) in [6, 6.07) is 9.15. The Morgan fingerprint density at radius 1 is 1.25 bits per heavy atom. The average Bonchev–Trinajstić information content (AvgIpc) is 3.27. The van der Waals surface area contributed by atoms with E-state index in [-0.39, 0.29) is 29.4 Å². The summed E-state index contributed by atoms with van der Waals surface area (Å²) in [5, 5.41) is 3.33. The van der Waals surface area contributed by atoms with Crippen LogP contribution < -0.4 is 5.32 Å². The summed E-state index contributed by atoms with van der Waals surface area (Å²) < 4.78 is 32.9. The Kier molecular flexibility index (Phi) is 5.06. The van der Waals surface area contributed by atoms with E-state index in [0.717, 1.165) is 23.0 Å². The first-order valence-corrected chi connectivity index (χ1v) is 9.44. The summed E-state index contributed by atoms with van der Waals surface area (Å²) in [6.45, 7) is 0. The van der Waals surface area contributed by atoms with Crippen LogP contribution in [0.3, 0.4) is 0 Å². The molecule has 1 N–H and O–H groups in total. The fourth-order valence-corrected chi connectivity index (χ4v) is 3.77. The third kappa shape index (κ3) is 3.88. The normalized spacial score (nSPS) is 11.1. The molecule has 0 aliphatic heterocycles. The van der Waals surface area contributed by atoms with E-state index in [9.17, 15) is 13.6 Å². The fraction of sp³-hybridized carbons (Fsp3) is 0.105. The van der Waals surface area contributed by atoms with E-state index < -0.39 is 11.6 Å². The van der Waals surface area contributed by atoms with Crippen molar-refractivity contribution in [3.8, 4) is 11.3 Å². The van der Waals surface area contributed by atoms with Gasteiger partial charge in [-0.1, -0.05) is 35.1 Å². The molecule has 0 saturated heterocycles. The van der Waals surface area contributed by atoms with Crippen molar-refractivity contribution in [2.75, 3.05) is 5.32 Å². The van der Waals surface area contributed by atoms with Crippen molar-refractivity contribution in [1.82, 2.24) is 9.97 Å². The molecule has 4 rings (SSSR count). The van der Waals surface area contributed by atoms with Gasteiger partial charge < -0.3 is 9.73 Å². The second kappa shape index (κ2) is 7.65. The van der Waals surface area contributed by atoms with Gasteiger partial charge in [0.25, 0.3) is 0 Å². The summed E-state index contributed by atoms with van der Waals surface area (Å²) in [4.78, 5) is 20.3. The number of thiazole rings is 1. The number of carbonyl (C=O) groups is 1. The SMILES string of the molecule is O=C(CCc1ncc(-c2ccccc2Cl)o1)Nc1nc2c(F)cc(F)cc2s1. The van der Waals surface area contributed by atoms with Gasteiger partial charge in [-0.3, -0.25) is 4.79 Å². The van der Waals surface area contributed by atoms with Crippen LogP contribution in [0.2, 0.25) is 5.02 Å². The van der Waals surface area contributed by atoms with E-state index >= 15 is 0 Å². The van der Waals surface area contributed by atoms with Gasteiger partial charge in [0.15, 0.2) is 22.6 Å². The largest absolute Gasteiger partial charge is 0.441 e. The average molecular weight is 420 g/mol. The molecule has 142 valence electrons. The van der Waals surface area contributed by atoms with Crippen LogP contribution in [-0.4, -0.2) is 15.9 Å². The number of anilines is 1. The standard InChI is InChI=1S/C19H12ClF2N3O2S/c20-12-4-2-1-3-11(12)14-9-23-17(27-14)6-5-16(26)24-19-25-18-13(22)7-10(21)8-15(18)28-19/h1-4,7-9H,5-6H2,(H,24,25,26). The third-order valence-corrected chi connectivity index (χ3v) is 5.17. The molecule has 4 aromatic rings. The van der Waals surface area contributed by atoms with Gasteiger partial charge in [-0.25, -0.2) is 18.7 Å². The number of rotatable bonds is 5. The van der Waals surface area contributed by atoms with Crippen molar-refractivity contribution < 1.29 is 18.0 Å². The molecule has 0 fully saturated rings. The summed E-state index contributed by atoms with van der Waals surface area (Å²) in [7, 11) is 0. The number of carbonyl (C=O) groups excluding carboxylic acids is 1.